The molecule has 2 aliphatic heterocycles. The number of para-hydroxylation sites is 3. The number of hydrogen-bond donors (Lipinski definition) is 0. The van der Waals surface area contributed by atoms with Crippen molar-refractivity contribution in [1.82, 2.24) is 0 Å². The maximum Gasteiger partial charge on any atom is 0.152 e. The third kappa shape index (κ3) is 3.89. The second-order valence-corrected chi connectivity index (χ2v) is 11.9. The van der Waals surface area contributed by atoms with Crippen LogP contribution in [0, 0.1) is 6.92 Å². The van der Waals surface area contributed by atoms with Gasteiger partial charge in [0, 0.05) is 22.4 Å². The van der Waals surface area contributed by atoms with Crippen LogP contribution in [0.1, 0.15) is 30.5 Å². The molecule has 0 saturated carbocycles. The smallest absolute Gasteiger partial charge is 0.152 e. The first-order valence-corrected chi connectivity index (χ1v) is 14.9. The number of anilines is 6. The Morgan fingerprint density at radius 1 is 0.558 bits per heavy atom. The van der Waals surface area contributed by atoms with E-state index in [-0.39, 0.29) is 5.41 Å². The molecule has 0 fully saturated rings. The standard InChI is InChI=1S/C40H32N2O/c1-27-13-12-20-35-38(27)42-33-19-11-10-18-32(33)40(2,3)37-34(25-26-36(43-35)39(37)42)41(30-16-8-5-9-17-30)31-23-21-29(22-24-31)28-14-6-4-7-15-28/h4-26H,1-3H3. The zero-order valence-corrected chi connectivity index (χ0v) is 24.6. The van der Waals surface area contributed by atoms with Crippen molar-refractivity contribution in [2.75, 3.05) is 9.80 Å². The van der Waals surface area contributed by atoms with Crippen molar-refractivity contribution in [1.29, 1.82) is 0 Å². The third-order valence-corrected chi connectivity index (χ3v) is 8.92. The van der Waals surface area contributed by atoms with E-state index in [1.165, 1.54) is 33.5 Å². The van der Waals surface area contributed by atoms with Crippen molar-refractivity contribution in [3.8, 4) is 22.6 Å². The molecule has 0 saturated heterocycles. The second kappa shape index (κ2) is 9.64. The van der Waals surface area contributed by atoms with Gasteiger partial charge in [0.15, 0.2) is 11.5 Å². The van der Waals surface area contributed by atoms with Gasteiger partial charge in [0.2, 0.25) is 0 Å². The predicted molar refractivity (Wildman–Crippen MR) is 178 cm³/mol. The highest BCUT2D eigenvalue weighted by Gasteiger charge is 2.44. The zero-order valence-electron chi connectivity index (χ0n) is 24.6. The van der Waals surface area contributed by atoms with Crippen molar-refractivity contribution in [3.63, 3.8) is 0 Å². The van der Waals surface area contributed by atoms with E-state index in [2.05, 4.69) is 170 Å². The zero-order chi connectivity index (χ0) is 29.1. The summed E-state index contributed by atoms with van der Waals surface area (Å²) in [7, 11) is 0. The van der Waals surface area contributed by atoms with E-state index in [0.717, 1.165) is 39.9 Å². The molecule has 43 heavy (non-hydrogen) atoms. The first-order valence-electron chi connectivity index (χ1n) is 14.9. The Labute approximate surface area is 253 Å². The number of aryl methyl sites for hydroxylation is 1. The molecule has 6 aromatic carbocycles. The van der Waals surface area contributed by atoms with Gasteiger partial charge in [-0.2, -0.15) is 0 Å². The number of hydrogen-bond acceptors (Lipinski definition) is 3. The highest BCUT2D eigenvalue weighted by molar-refractivity contribution is 5.98. The van der Waals surface area contributed by atoms with E-state index in [9.17, 15) is 0 Å². The second-order valence-electron chi connectivity index (χ2n) is 11.9. The molecule has 0 spiro atoms. The van der Waals surface area contributed by atoms with E-state index < -0.39 is 0 Å². The van der Waals surface area contributed by atoms with Crippen LogP contribution in [0.15, 0.2) is 140 Å². The molecule has 0 bridgehead atoms. The topological polar surface area (TPSA) is 15.7 Å². The van der Waals surface area contributed by atoms with Crippen molar-refractivity contribution < 1.29 is 4.74 Å². The Bertz CT molecular complexity index is 1980. The molecule has 0 aromatic heterocycles. The van der Waals surface area contributed by atoms with Gasteiger partial charge in [0.1, 0.15) is 0 Å². The van der Waals surface area contributed by atoms with Crippen molar-refractivity contribution in [2.45, 2.75) is 26.2 Å². The molecular formula is C40H32N2O. The highest BCUT2D eigenvalue weighted by atomic mass is 16.5. The Morgan fingerprint density at radius 3 is 1.95 bits per heavy atom. The molecule has 0 unspecified atom stereocenters. The third-order valence-electron chi connectivity index (χ3n) is 8.92. The lowest BCUT2D eigenvalue weighted by Crippen LogP contribution is -2.34. The molecule has 208 valence electrons. The minimum Gasteiger partial charge on any atom is -0.453 e. The first kappa shape index (κ1) is 25.4. The number of rotatable bonds is 4. The molecule has 0 aliphatic carbocycles. The van der Waals surface area contributed by atoms with E-state index in [4.69, 9.17) is 4.74 Å². The number of nitrogens with zero attached hydrogens (tertiary/aromatic N) is 2. The molecule has 0 radical (unpaired) electrons. The SMILES string of the molecule is Cc1cccc2c1N1c3ccccc3C(C)(C)c3c(N(c4ccccc4)c4ccc(-c5ccccc5)cc4)ccc(c31)O2. The fourth-order valence-electron chi connectivity index (χ4n) is 6.91. The summed E-state index contributed by atoms with van der Waals surface area (Å²) in [4.78, 5) is 4.83. The first-order chi connectivity index (χ1) is 21.0. The Hall–Kier alpha value is -5.28. The maximum atomic E-state index is 6.66. The normalized spacial score (nSPS) is 13.8. The van der Waals surface area contributed by atoms with E-state index in [0.29, 0.717) is 0 Å². The number of ether oxygens (including phenoxy) is 1. The minimum atomic E-state index is -0.297. The number of fused-ring (bicyclic) bond motifs is 4. The highest BCUT2D eigenvalue weighted by Crippen LogP contribution is 2.63. The van der Waals surface area contributed by atoms with Gasteiger partial charge in [-0.3, -0.25) is 0 Å². The van der Waals surface area contributed by atoms with E-state index in [1.54, 1.807) is 0 Å². The van der Waals surface area contributed by atoms with Gasteiger partial charge in [-0.1, -0.05) is 105 Å². The maximum absolute atomic E-state index is 6.66. The molecule has 0 atom stereocenters. The Morgan fingerprint density at radius 2 is 1.19 bits per heavy atom. The molecule has 2 aliphatic rings. The van der Waals surface area contributed by atoms with Crippen LogP contribution in [0.2, 0.25) is 0 Å². The lowest BCUT2D eigenvalue weighted by atomic mass is 9.72. The van der Waals surface area contributed by atoms with Crippen LogP contribution in [-0.2, 0) is 5.41 Å². The van der Waals surface area contributed by atoms with Crippen molar-refractivity contribution >= 4 is 34.1 Å². The van der Waals surface area contributed by atoms with Gasteiger partial charge in [-0.05, 0) is 77.7 Å². The molecule has 0 N–H and O–H groups in total. The van der Waals surface area contributed by atoms with Gasteiger partial charge in [-0.15, -0.1) is 0 Å². The van der Waals surface area contributed by atoms with Crippen molar-refractivity contribution in [3.05, 3.63) is 156 Å². The van der Waals surface area contributed by atoms with Gasteiger partial charge >= 0.3 is 0 Å². The summed E-state index contributed by atoms with van der Waals surface area (Å²) in [5.41, 5.74) is 12.6. The van der Waals surface area contributed by atoms with E-state index in [1.807, 2.05) is 0 Å². The summed E-state index contributed by atoms with van der Waals surface area (Å²) in [6, 6.07) is 49.7. The molecule has 3 heteroatoms. The summed E-state index contributed by atoms with van der Waals surface area (Å²) in [5, 5.41) is 0. The lowest BCUT2D eigenvalue weighted by Gasteiger charge is -2.47. The molecular weight excluding hydrogens is 524 g/mol. The van der Waals surface area contributed by atoms with Crippen LogP contribution < -0.4 is 14.5 Å². The van der Waals surface area contributed by atoms with Crippen LogP contribution >= 0.6 is 0 Å². The average Bonchev–Trinajstić information content (AvgIpc) is 3.05. The van der Waals surface area contributed by atoms with Crippen LogP contribution in [0.4, 0.5) is 34.1 Å². The fraction of sp³-hybridized carbons (Fsp3) is 0.100. The summed E-state index contributed by atoms with van der Waals surface area (Å²) in [6.45, 7) is 6.86. The van der Waals surface area contributed by atoms with Gasteiger partial charge in [0.05, 0.1) is 22.7 Å². The quantitative estimate of drug-likeness (QED) is 0.214. The Kier molecular flexibility index (Phi) is 5.70. The Balaban J connectivity index is 1.39. The van der Waals surface area contributed by atoms with Gasteiger partial charge in [0.25, 0.3) is 0 Å². The average molecular weight is 557 g/mol. The van der Waals surface area contributed by atoms with Crippen LogP contribution in [0.3, 0.4) is 0 Å². The van der Waals surface area contributed by atoms with Crippen LogP contribution in [0.5, 0.6) is 11.5 Å². The predicted octanol–water partition coefficient (Wildman–Crippen LogP) is 11.3. The molecule has 8 rings (SSSR count). The summed E-state index contributed by atoms with van der Waals surface area (Å²) in [6.07, 6.45) is 0. The molecule has 2 heterocycles. The van der Waals surface area contributed by atoms with E-state index >= 15 is 0 Å². The minimum absolute atomic E-state index is 0.297. The van der Waals surface area contributed by atoms with Crippen LogP contribution in [-0.4, -0.2) is 0 Å². The molecule has 3 nitrogen and oxygen atoms in total. The molecule has 0 amide bonds. The lowest BCUT2D eigenvalue weighted by molar-refractivity contribution is 0.471. The number of benzene rings is 6. The summed E-state index contributed by atoms with van der Waals surface area (Å²) >= 11 is 0. The monoisotopic (exact) mass is 556 g/mol. The largest absolute Gasteiger partial charge is 0.453 e. The fourth-order valence-corrected chi connectivity index (χ4v) is 6.91. The summed E-state index contributed by atoms with van der Waals surface area (Å²) < 4.78 is 6.66. The summed E-state index contributed by atoms with van der Waals surface area (Å²) in [5.74, 6) is 1.77. The van der Waals surface area contributed by atoms with Crippen molar-refractivity contribution in [2.24, 2.45) is 0 Å². The van der Waals surface area contributed by atoms with Gasteiger partial charge < -0.3 is 14.5 Å². The van der Waals surface area contributed by atoms with Crippen LogP contribution in [0.25, 0.3) is 11.1 Å². The molecule has 6 aromatic rings. The van der Waals surface area contributed by atoms with Gasteiger partial charge in [-0.25, -0.2) is 0 Å².